The smallest absolute Gasteiger partial charge is 0.417 e. The van der Waals surface area contributed by atoms with Crippen LogP contribution in [-0.2, 0) is 15.7 Å². The lowest BCUT2D eigenvalue weighted by Gasteiger charge is -2.09. The van der Waals surface area contributed by atoms with Crippen LogP contribution in [0.25, 0.3) is 17.4 Å². The number of hydrazone groups is 1. The van der Waals surface area contributed by atoms with Crippen LogP contribution in [-0.4, -0.2) is 29.2 Å². The quantitative estimate of drug-likeness (QED) is 0.287. The molecule has 0 aliphatic carbocycles. The number of hydrogen-bond donors (Lipinski definition) is 0. The minimum Gasteiger partial charge on any atom is -0.462 e. The van der Waals surface area contributed by atoms with Gasteiger partial charge < -0.3 is 9.15 Å². The zero-order valence-electron chi connectivity index (χ0n) is 18.6. The van der Waals surface area contributed by atoms with Gasteiger partial charge in [0.25, 0.3) is 5.91 Å². The lowest BCUT2D eigenvalue weighted by molar-refractivity contribution is -0.137. The molecule has 0 spiro atoms. The Morgan fingerprint density at radius 1 is 1.26 bits per heavy atom. The number of benzene rings is 1. The Kier molecular flexibility index (Phi) is 6.56. The van der Waals surface area contributed by atoms with Crippen LogP contribution in [0.1, 0.15) is 40.5 Å². The molecule has 0 fully saturated rings. The lowest BCUT2D eigenvalue weighted by atomic mass is 10.1. The number of nitrogens with zero attached hydrogens (tertiary/aromatic N) is 3. The van der Waals surface area contributed by atoms with Crippen LogP contribution >= 0.6 is 22.9 Å². The standard InChI is InChI=1S/C23H17ClF3N3O4S/c1-4-33-21(32)19-12(3)28-22(35-19)30-20(31)15(11(2)29-30)10-14-6-8-18(34-14)13-5-7-17(24)16(9-13)23(25,26)27/h5-10H,4H2,1-3H3/b15-10+. The van der Waals surface area contributed by atoms with Crippen LogP contribution in [0.15, 0.2) is 45.4 Å². The first kappa shape index (κ1) is 24.7. The Morgan fingerprint density at radius 2 is 2.00 bits per heavy atom. The minimum absolute atomic E-state index is 0.172. The molecule has 1 amide bonds. The van der Waals surface area contributed by atoms with E-state index in [1.165, 1.54) is 24.3 Å². The molecule has 0 saturated carbocycles. The summed E-state index contributed by atoms with van der Waals surface area (Å²) in [5.74, 6) is -0.609. The summed E-state index contributed by atoms with van der Waals surface area (Å²) in [7, 11) is 0. The number of amides is 1. The molecule has 4 rings (SSSR count). The maximum Gasteiger partial charge on any atom is 0.417 e. The molecule has 0 atom stereocenters. The van der Waals surface area contributed by atoms with Crippen molar-refractivity contribution < 1.29 is 31.9 Å². The zero-order chi connectivity index (χ0) is 25.5. The third-order valence-electron chi connectivity index (χ3n) is 4.96. The van der Waals surface area contributed by atoms with Gasteiger partial charge in [-0.15, -0.1) is 0 Å². The molecule has 1 aliphatic rings. The summed E-state index contributed by atoms with van der Waals surface area (Å²) in [6, 6.07) is 6.48. The number of ether oxygens (including phenoxy) is 1. The molecular formula is C23H17ClF3N3O4S. The number of rotatable bonds is 5. The van der Waals surface area contributed by atoms with Gasteiger partial charge in [0.15, 0.2) is 0 Å². The second-order valence-electron chi connectivity index (χ2n) is 7.39. The van der Waals surface area contributed by atoms with E-state index in [9.17, 15) is 22.8 Å². The molecule has 182 valence electrons. The van der Waals surface area contributed by atoms with Crippen molar-refractivity contribution in [2.45, 2.75) is 26.9 Å². The van der Waals surface area contributed by atoms with Gasteiger partial charge in [-0.1, -0.05) is 22.9 Å². The SMILES string of the molecule is CCOC(=O)c1sc(N2N=C(C)/C(=C\c3ccc(-c4ccc(Cl)c(C(F)(F)F)c4)o3)C2=O)nc1C. The van der Waals surface area contributed by atoms with Crippen LogP contribution in [0.5, 0.6) is 0 Å². The second-order valence-corrected chi connectivity index (χ2v) is 8.77. The van der Waals surface area contributed by atoms with E-state index in [2.05, 4.69) is 10.1 Å². The van der Waals surface area contributed by atoms with E-state index >= 15 is 0 Å². The number of halogens is 4. The van der Waals surface area contributed by atoms with Crippen molar-refractivity contribution in [3.63, 3.8) is 0 Å². The van der Waals surface area contributed by atoms with Gasteiger partial charge >= 0.3 is 12.1 Å². The molecule has 3 aromatic rings. The molecule has 0 unspecified atom stereocenters. The zero-order valence-corrected chi connectivity index (χ0v) is 20.1. The van der Waals surface area contributed by atoms with Gasteiger partial charge in [0.2, 0.25) is 5.13 Å². The number of carbonyl (C=O) groups excluding carboxylic acids is 2. The Labute approximate surface area is 206 Å². The van der Waals surface area contributed by atoms with Crippen LogP contribution < -0.4 is 5.01 Å². The van der Waals surface area contributed by atoms with E-state index in [1.54, 1.807) is 20.8 Å². The molecule has 0 N–H and O–H groups in total. The molecule has 7 nitrogen and oxygen atoms in total. The molecule has 3 heterocycles. The van der Waals surface area contributed by atoms with Crippen molar-refractivity contribution in [1.29, 1.82) is 0 Å². The monoisotopic (exact) mass is 523 g/mol. The molecule has 2 aromatic heterocycles. The van der Waals surface area contributed by atoms with E-state index in [0.29, 0.717) is 11.4 Å². The Bertz CT molecular complexity index is 1390. The summed E-state index contributed by atoms with van der Waals surface area (Å²) in [6.07, 6.45) is -3.17. The highest BCUT2D eigenvalue weighted by atomic mass is 35.5. The van der Waals surface area contributed by atoms with Crippen molar-refractivity contribution in [3.8, 4) is 11.3 Å². The number of carbonyl (C=O) groups is 2. The Hall–Kier alpha value is -3.44. The number of alkyl halides is 3. The van der Waals surface area contributed by atoms with Crippen molar-refractivity contribution in [1.82, 2.24) is 4.98 Å². The summed E-state index contributed by atoms with van der Waals surface area (Å²) >= 11 is 6.67. The van der Waals surface area contributed by atoms with Crippen molar-refractivity contribution in [3.05, 3.63) is 62.8 Å². The Balaban J connectivity index is 1.60. The molecule has 0 radical (unpaired) electrons. The highest BCUT2D eigenvalue weighted by Crippen LogP contribution is 2.38. The number of aromatic nitrogens is 1. The number of hydrogen-bond acceptors (Lipinski definition) is 7. The maximum atomic E-state index is 13.2. The molecule has 12 heteroatoms. The van der Waals surface area contributed by atoms with E-state index in [-0.39, 0.29) is 39.3 Å². The second kappa shape index (κ2) is 9.31. The summed E-state index contributed by atoms with van der Waals surface area (Å²) in [4.78, 5) is 29.6. The van der Waals surface area contributed by atoms with Gasteiger partial charge in [-0.05, 0) is 57.2 Å². The fourth-order valence-electron chi connectivity index (χ4n) is 3.30. The van der Waals surface area contributed by atoms with Gasteiger partial charge in [-0.3, -0.25) is 4.79 Å². The average molecular weight is 524 g/mol. The first-order valence-electron chi connectivity index (χ1n) is 10.2. The molecule has 1 aromatic carbocycles. The highest BCUT2D eigenvalue weighted by Gasteiger charge is 2.34. The molecule has 35 heavy (non-hydrogen) atoms. The number of aryl methyl sites for hydroxylation is 1. The van der Waals surface area contributed by atoms with Crippen molar-refractivity contribution in [2.24, 2.45) is 5.10 Å². The van der Waals surface area contributed by atoms with E-state index in [0.717, 1.165) is 28.5 Å². The van der Waals surface area contributed by atoms with Crippen LogP contribution in [0, 0.1) is 6.92 Å². The third kappa shape index (κ3) is 4.87. The van der Waals surface area contributed by atoms with Crippen molar-refractivity contribution in [2.75, 3.05) is 11.6 Å². The summed E-state index contributed by atoms with van der Waals surface area (Å²) < 4.78 is 50.2. The number of furan rings is 1. The maximum absolute atomic E-state index is 13.2. The largest absolute Gasteiger partial charge is 0.462 e. The molecule has 1 aliphatic heterocycles. The van der Waals surface area contributed by atoms with Crippen LogP contribution in [0.3, 0.4) is 0 Å². The van der Waals surface area contributed by atoms with Crippen LogP contribution in [0.4, 0.5) is 18.3 Å². The first-order chi connectivity index (χ1) is 16.5. The topological polar surface area (TPSA) is 85.0 Å². The third-order valence-corrected chi connectivity index (χ3v) is 6.40. The highest BCUT2D eigenvalue weighted by molar-refractivity contribution is 7.17. The molecule has 0 bridgehead atoms. The minimum atomic E-state index is -4.61. The average Bonchev–Trinajstić information content (AvgIpc) is 3.48. The van der Waals surface area contributed by atoms with E-state index in [4.69, 9.17) is 20.8 Å². The van der Waals surface area contributed by atoms with Crippen LogP contribution in [0.2, 0.25) is 5.02 Å². The predicted molar refractivity (Wildman–Crippen MR) is 126 cm³/mol. The van der Waals surface area contributed by atoms with Gasteiger partial charge in [0.1, 0.15) is 16.4 Å². The van der Waals surface area contributed by atoms with Gasteiger partial charge in [0.05, 0.1) is 34.2 Å². The number of anilines is 1. The molecule has 0 saturated heterocycles. The van der Waals surface area contributed by atoms with E-state index in [1.807, 2.05) is 0 Å². The van der Waals surface area contributed by atoms with Crippen molar-refractivity contribution >= 4 is 51.7 Å². The normalized spacial score (nSPS) is 15.2. The van der Waals surface area contributed by atoms with Gasteiger partial charge in [-0.25, -0.2) is 9.78 Å². The fourth-order valence-corrected chi connectivity index (χ4v) is 4.43. The van der Waals surface area contributed by atoms with Gasteiger partial charge in [0, 0.05) is 5.56 Å². The van der Waals surface area contributed by atoms with E-state index < -0.39 is 28.6 Å². The van der Waals surface area contributed by atoms with Gasteiger partial charge in [-0.2, -0.15) is 23.3 Å². The summed E-state index contributed by atoms with van der Waals surface area (Å²) in [5, 5.41) is 5.11. The predicted octanol–water partition coefficient (Wildman–Crippen LogP) is 6.37. The number of esters is 1. The summed E-state index contributed by atoms with van der Waals surface area (Å²) in [5.41, 5.74) is 0.214. The fraction of sp³-hybridized carbons (Fsp3) is 0.217. The molecular weight excluding hydrogens is 507 g/mol. The Morgan fingerprint density at radius 3 is 2.69 bits per heavy atom. The summed E-state index contributed by atoms with van der Waals surface area (Å²) in [6.45, 7) is 5.14. The lowest BCUT2D eigenvalue weighted by Crippen LogP contribution is -2.21. The first-order valence-corrected chi connectivity index (χ1v) is 11.4. The number of thiazole rings is 1.